The van der Waals surface area contributed by atoms with Crippen molar-refractivity contribution >= 4 is 23.4 Å². The van der Waals surface area contributed by atoms with E-state index in [1.165, 1.54) is 5.56 Å². The molecular weight excluding hydrogens is 388 g/mol. The van der Waals surface area contributed by atoms with Crippen molar-refractivity contribution in [3.63, 3.8) is 0 Å². The van der Waals surface area contributed by atoms with E-state index >= 15 is 0 Å². The molecule has 162 valence electrons. The zero-order valence-corrected chi connectivity index (χ0v) is 19.4. The zero-order valence-electron chi connectivity index (χ0n) is 18.6. The van der Waals surface area contributed by atoms with Crippen LogP contribution < -0.4 is 10.1 Å². The first-order valence-electron chi connectivity index (χ1n) is 10.3. The summed E-state index contributed by atoms with van der Waals surface area (Å²) in [7, 11) is 0. The Morgan fingerprint density at radius 1 is 1.17 bits per heavy atom. The predicted molar refractivity (Wildman–Crippen MR) is 118 cm³/mol. The molecule has 0 atom stereocenters. The van der Waals surface area contributed by atoms with Crippen LogP contribution in [0.4, 0.5) is 0 Å². The summed E-state index contributed by atoms with van der Waals surface area (Å²) in [5, 5.41) is 3.06. The number of benzene rings is 1. The Morgan fingerprint density at radius 3 is 2.34 bits per heavy atom. The van der Waals surface area contributed by atoms with Gasteiger partial charge in [0.05, 0.1) is 5.41 Å². The maximum atomic E-state index is 12.6. The van der Waals surface area contributed by atoms with Crippen LogP contribution in [0.2, 0.25) is 0 Å². The van der Waals surface area contributed by atoms with Crippen LogP contribution in [0.5, 0.6) is 5.75 Å². The van der Waals surface area contributed by atoms with Crippen molar-refractivity contribution in [1.82, 2.24) is 10.2 Å². The molecule has 29 heavy (non-hydrogen) atoms. The van der Waals surface area contributed by atoms with Crippen molar-refractivity contribution in [1.29, 1.82) is 0 Å². The molecule has 0 unspecified atom stereocenters. The molecule has 1 aliphatic rings. The summed E-state index contributed by atoms with van der Waals surface area (Å²) in [6.07, 6.45) is 1.49. The Balaban J connectivity index is 1.88. The van der Waals surface area contributed by atoms with Crippen LogP contribution in [-0.2, 0) is 15.0 Å². The topological polar surface area (TPSA) is 58.6 Å². The van der Waals surface area contributed by atoms with Gasteiger partial charge in [-0.1, -0.05) is 38.5 Å². The second-order valence-corrected chi connectivity index (χ2v) is 9.95. The third-order valence-electron chi connectivity index (χ3n) is 5.43. The lowest BCUT2D eigenvalue weighted by atomic mass is 9.85. The number of ether oxygens (including phenoxy) is 1. The number of halogens is 1. The van der Waals surface area contributed by atoms with E-state index in [0.717, 1.165) is 24.2 Å². The second kappa shape index (κ2) is 9.38. The normalized spacial score (nSPS) is 15.9. The van der Waals surface area contributed by atoms with Gasteiger partial charge < -0.3 is 15.0 Å². The fourth-order valence-corrected chi connectivity index (χ4v) is 3.42. The lowest BCUT2D eigenvalue weighted by molar-refractivity contribution is -0.134. The molecule has 6 heteroatoms. The molecule has 0 saturated carbocycles. The number of amides is 2. The van der Waals surface area contributed by atoms with Crippen LogP contribution in [0.1, 0.15) is 58.6 Å². The van der Waals surface area contributed by atoms with Crippen molar-refractivity contribution in [3.8, 4) is 5.75 Å². The summed E-state index contributed by atoms with van der Waals surface area (Å²) in [5.41, 5.74) is 1.64. The average molecular weight is 423 g/mol. The highest BCUT2D eigenvalue weighted by molar-refractivity contribution is 6.19. The van der Waals surface area contributed by atoms with Gasteiger partial charge in [-0.3, -0.25) is 9.59 Å². The Kier molecular flexibility index (Phi) is 7.61. The number of hydrogen-bond acceptors (Lipinski definition) is 3. The number of likely N-dealkylation sites (tertiary alicyclic amines) is 1. The summed E-state index contributed by atoms with van der Waals surface area (Å²) >= 11 is 5.88. The number of hydrogen-bond donors (Lipinski definition) is 1. The second-order valence-electron chi connectivity index (χ2n) is 9.68. The molecule has 5 nitrogen and oxygen atoms in total. The Hall–Kier alpha value is -1.75. The van der Waals surface area contributed by atoms with Crippen LogP contribution >= 0.6 is 11.6 Å². The van der Waals surface area contributed by atoms with E-state index in [-0.39, 0.29) is 35.8 Å². The number of nitrogens with zero attached hydrogens (tertiary/aromatic N) is 1. The van der Waals surface area contributed by atoms with Gasteiger partial charge in [-0.2, -0.15) is 0 Å². The van der Waals surface area contributed by atoms with Gasteiger partial charge >= 0.3 is 0 Å². The number of nitrogens with one attached hydrogen (secondary N) is 1. The summed E-state index contributed by atoms with van der Waals surface area (Å²) < 4.78 is 5.91. The molecule has 0 bridgehead atoms. The van der Waals surface area contributed by atoms with E-state index in [4.69, 9.17) is 16.3 Å². The molecule has 1 heterocycles. The van der Waals surface area contributed by atoms with Gasteiger partial charge in [-0.15, -0.1) is 11.6 Å². The Labute approximate surface area is 180 Å². The molecule has 1 aromatic rings. The molecule has 0 radical (unpaired) electrons. The molecule has 1 aromatic carbocycles. The quantitative estimate of drug-likeness (QED) is 0.703. The lowest BCUT2D eigenvalue weighted by Gasteiger charge is -2.34. The molecule has 1 aliphatic heterocycles. The highest BCUT2D eigenvalue weighted by atomic mass is 35.5. The van der Waals surface area contributed by atoms with Crippen LogP contribution in [0.15, 0.2) is 18.2 Å². The predicted octanol–water partition coefficient (Wildman–Crippen LogP) is 4.04. The van der Waals surface area contributed by atoms with E-state index in [1.807, 2.05) is 30.9 Å². The monoisotopic (exact) mass is 422 g/mol. The lowest BCUT2D eigenvalue weighted by Crippen LogP contribution is -2.50. The number of piperidine rings is 1. The van der Waals surface area contributed by atoms with E-state index in [2.05, 4.69) is 39.1 Å². The average Bonchev–Trinajstić information content (AvgIpc) is 2.66. The molecule has 1 fully saturated rings. The van der Waals surface area contributed by atoms with Gasteiger partial charge in [-0.05, 0) is 50.7 Å². The van der Waals surface area contributed by atoms with Crippen LogP contribution in [-0.4, -0.2) is 48.3 Å². The minimum absolute atomic E-state index is 0.0173. The zero-order chi connectivity index (χ0) is 21.8. The van der Waals surface area contributed by atoms with E-state index in [1.54, 1.807) is 0 Å². The summed E-state index contributed by atoms with van der Waals surface area (Å²) in [4.78, 5) is 26.7. The first kappa shape index (κ1) is 23.5. The highest BCUT2D eigenvalue weighted by Gasteiger charge is 2.30. The fourth-order valence-electron chi connectivity index (χ4n) is 3.30. The highest BCUT2D eigenvalue weighted by Crippen LogP contribution is 2.32. The molecule has 1 N–H and O–H groups in total. The van der Waals surface area contributed by atoms with Crippen LogP contribution in [0.25, 0.3) is 0 Å². The molecule has 0 aliphatic carbocycles. The number of carbonyl (C=O) groups excluding carboxylic acids is 2. The van der Waals surface area contributed by atoms with E-state index in [9.17, 15) is 9.59 Å². The van der Waals surface area contributed by atoms with Crippen molar-refractivity contribution in [2.24, 2.45) is 5.41 Å². The largest absolute Gasteiger partial charge is 0.483 e. The van der Waals surface area contributed by atoms with Gasteiger partial charge in [0.25, 0.3) is 5.91 Å². The number of aryl methyl sites for hydroxylation is 1. The smallest absolute Gasteiger partial charge is 0.260 e. The van der Waals surface area contributed by atoms with Crippen LogP contribution in [0, 0.1) is 12.3 Å². The van der Waals surface area contributed by atoms with Crippen LogP contribution in [0.3, 0.4) is 0 Å². The minimum Gasteiger partial charge on any atom is -0.483 e. The van der Waals surface area contributed by atoms with Crippen molar-refractivity contribution < 1.29 is 14.3 Å². The third-order valence-corrected chi connectivity index (χ3v) is 6.09. The first-order valence-corrected chi connectivity index (χ1v) is 10.9. The maximum Gasteiger partial charge on any atom is 0.260 e. The Bertz CT molecular complexity index is 732. The van der Waals surface area contributed by atoms with Gasteiger partial charge in [0.1, 0.15) is 5.75 Å². The number of carbonyl (C=O) groups is 2. The van der Waals surface area contributed by atoms with Gasteiger partial charge in [0.2, 0.25) is 5.91 Å². The number of rotatable bonds is 6. The molecular formula is C23H35ClN2O3. The first-order chi connectivity index (χ1) is 13.4. The molecule has 2 amide bonds. The summed E-state index contributed by atoms with van der Waals surface area (Å²) in [6.45, 7) is 13.4. The van der Waals surface area contributed by atoms with Gasteiger partial charge in [0, 0.05) is 25.0 Å². The third kappa shape index (κ3) is 6.36. The molecule has 0 spiro atoms. The minimum atomic E-state index is -0.582. The molecule has 2 rings (SSSR count). The van der Waals surface area contributed by atoms with E-state index < -0.39 is 5.41 Å². The molecule has 1 saturated heterocycles. The fraction of sp³-hybridized carbons (Fsp3) is 0.652. The van der Waals surface area contributed by atoms with Crippen molar-refractivity contribution in [3.05, 3.63) is 29.3 Å². The summed E-state index contributed by atoms with van der Waals surface area (Å²) in [5.74, 6) is 0.996. The molecule has 0 aromatic heterocycles. The Morgan fingerprint density at radius 2 is 1.79 bits per heavy atom. The maximum absolute atomic E-state index is 12.6. The standard InChI is InChI=1S/C23H35ClN2O3/c1-16-7-8-19(18(13-16)22(2,3)4)29-14-20(27)26-11-9-17(10-12-26)25-21(28)23(5,6)15-24/h7-8,13,17H,9-12,14-15H2,1-6H3,(H,25,28). The summed E-state index contributed by atoms with van der Waals surface area (Å²) in [6, 6.07) is 6.16. The van der Waals surface area contributed by atoms with Crippen molar-refractivity contribution in [2.45, 2.75) is 65.8 Å². The van der Waals surface area contributed by atoms with Gasteiger partial charge in [-0.25, -0.2) is 0 Å². The van der Waals surface area contributed by atoms with Crippen molar-refractivity contribution in [2.75, 3.05) is 25.6 Å². The van der Waals surface area contributed by atoms with Gasteiger partial charge in [0.15, 0.2) is 6.61 Å². The van der Waals surface area contributed by atoms with E-state index in [0.29, 0.717) is 13.1 Å². The number of alkyl halides is 1. The SMILES string of the molecule is Cc1ccc(OCC(=O)N2CCC(NC(=O)C(C)(C)CCl)CC2)c(C(C)(C)C)c1.